The van der Waals surface area contributed by atoms with E-state index in [1.54, 1.807) is 36.4 Å². The third-order valence-corrected chi connectivity index (χ3v) is 12.9. The molecule has 12 nitrogen and oxygen atoms in total. The van der Waals surface area contributed by atoms with Gasteiger partial charge >= 0.3 is 0 Å². The number of aliphatic hydroxyl groups excluding tert-OH is 1. The van der Waals surface area contributed by atoms with E-state index in [4.69, 9.17) is 17.2 Å². The van der Waals surface area contributed by atoms with Gasteiger partial charge in [-0.1, -0.05) is 102 Å². The second-order valence-corrected chi connectivity index (χ2v) is 18.3. The molecule has 13 heteroatoms. The number of nitrogens with one attached hydrogen (secondary N) is 1. The topological polar surface area (TPSA) is 216 Å². The molecule has 1 aliphatic carbocycles. The smallest absolute Gasteiger partial charge is 0.247 e. The van der Waals surface area contributed by atoms with Crippen LogP contribution < -0.4 is 22.5 Å². The molecule has 6 atom stereocenters. The minimum atomic E-state index is -4.05. The Kier molecular flexibility index (Phi) is 14.8. The van der Waals surface area contributed by atoms with Gasteiger partial charge in [0.05, 0.1) is 22.8 Å². The molecule has 0 radical (unpaired) electrons. The molecule has 4 rings (SSSR count). The van der Waals surface area contributed by atoms with E-state index >= 15 is 4.79 Å². The number of ketones is 1. The summed E-state index contributed by atoms with van der Waals surface area (Å²) >= 11 is 0. The molecule has 0 saturated heterocycles. The molecule has 2 aromatic carbocycles. The van der Waals surface area contributed by atoms with Crippen molar-refractivity contribution in [2.75, 3.05) is 12.3 Å². The molecular formula is C41H61N5O7S. The number of carbonyl (C=O) groups excluding carboxylic acids is 4. The molecule has 1 heterocycles. The van der Waals surface area contributed by atoms with E-state index in [0.29, 0.717) is 12.1 Å². The number of amides is 3. The van der Waals surface area contributed by atoms with Gasteiger partial charge in [-0.3, -0.25) is 24.1 Å². The number of sulfone groups is 1. The number of carbonyl (C=O) groups is 4. The lowest BCUT2D eigenvalue weighted by Gasteiger charge is -2.49. The van der Waals surface area contributed by atoms with Crippen LogP contribution in [0.2, 0.25) is 0 Å². The van der Waals surface area contributed by atoms with Crippen molar-refractivity contribution in [1.82, 2.24) is 10.2 Å². The fourth-order valence-corrected chi connectivity index (χ4v) is 10.5. The molecule has 2 aliphatic rings. The number of aliphatic hydroxyl groups is 1. The zero-order chi connectivity index (χ0) is 40.0. The summed E-state index contributed by atoms with van der Waals surface area (Å²) in [6, 6.07) is 11.0. The Balaban J connectivity index is 2.00. The predicted octanol–water partition coefficient (Wildman–Crippen LogP) is 3.36. The molecule has 1 saturated carbocycles. The van der Waals surface area contributed by atoms with Gasteiger partial charge in [-0.05, 0) is 59.8 Å². The number of nitrogens with zero attached hydrogens (tertiary/aromatic N) is 1. The van der Waals surface area contributed by atoms with Crippen LogP contribution >= 0.6 is 0 Å². The van der Waals surface area contributed by atoms with Crippen LogP contribution in [0, 0.1) is 23.7 Å². The second-order valence-electron chi connectivity index (χ2n) is 16.3. The summed E-state index contributed by atoms with van der Waals surface area (Å²) in [6.07, 6.45) is 2.77. The lowest BCUT2D eigenvalue weighted by atomic mass is 9.65. The SMILES string of the molecule is CC(=O)N(C(=O)[C@@H](N)Cc1ccccc1)[C@](CC(C)C)(C(=O)[C@@H](CC1CCCCC1)[C@H](O)C(N)C(=O)NCC(C)C)C1CS(=O)(=O)c2cc(CN)ccc21. The maximum absolute atomic E-state index is 16.0. The number of Topliss-reactive ketones (excluding diaryl/α,β-unsaturated/α-hetero) is 1. The fraction of sp³-hybridized carbons (Fsp3) is 0.610. The van der Waals surface area contributed by atoms with Gasteiger partial charge in [-0.15, -0.1) is 0 Å². The van der Waals surface area contributed by atoms with Crippen LogP contribution in [0.25, 0.3) is 0 Å². The molecule has 0 aromatic heterocycles. The predicted molar refractivity (Wildman–Crippen MR) is 208 cm³/mol. The largest absolute Gasteiger partial charge is 0.390 e. The maximum Gasteiger partial charge on any atom is 0.247 e. The van der Waals surface area contributed by atoms with E-state index in [2.05, 4.69) is 5.32 Å². The van der Waals surface area contributed by atoms with Crippen molar-refractivity contribution in [3.05, 3.63) is 65.2 Å². The number of rotatable bonds is 17. The average molecular weight is 768 g/mol. The van der Waals surface area contributed by atoms with Crippen molar-refractivity contribution in [3.63, 3.8) is 0 Å². The standard InChI is InChI=1S/C41H61N5O7S/c1-25(2)21-41(33-24-54(52,53)35-20-30(22-42)16-17-31(33)35,46(27(5)47)40(51)34(43)19-29-14-10-7-11-15-29)38(49)32(18-28-12-8-6-9-13-28)37(48)36(44)39(50)45-23-26(3)4/h7,10-11,14-17,20,25-26,28,32-34,36-37,48H,6,8-9,12-13,18-19,21-24,42-44H2,1-5H3,(H,45,50)/t32-,33?,34-,36?,37-,41-/m0/s1. The molecule has 3 amide bonds. The summed E-state index contributed by atoms with van der Waals surface area (Å²) in [5, 5.41) is 14.9. The maximum atomic E-state index is 16.0. The number of hydrogen-bond donors (Lipinski definition) is 5. The third-order valence-electron chi connectivity index (χ3n) is 11.1. The van der Waals surface area contributed by atoms with Gasteiger partial charge in [0, 0.05) is 31.8 Å². The molecule has 8 N–H and O–H groups in total. The third kappa shape index (κ3) is 9.65. The van der Waals surface area contributed by atoms with Crippen LogP contribution in [-0.4, -0.2) is 78.0 Å². The number of benzene rings is 2. The number of nitrogens with two attached hydrogens (primary N) is 3. The average Bonchev–Trinajstić information content (AvgIpc) is 3.41. The Hall–Kier alpha value is -3.49. The van der Waals surface area contributed by atoms with Crippen LogP contribution in [-0.2, 0) is 42.0 Å². The summed E-state index contributed by atoms with van der Waals surface area (Å²) in [7, 11) is -4.05. The van der Waals surface area contributed by atoms with Crippen LogP contribution in [0.3, 0.4) is 0 Å². The Morgan fingerprint density at radius 3 is 2.17 bits per heavy atom. The molecular weight excluding hydrogens is 707 g/mol. The van der Waals surface area contributed by atoms with E-state index in [-0.39, 0.29) is 54.0 Å². The molecule has 298 valence electrons. The second kappa shape index (κ2) is 18.4. The fourth-order valence-electron chi connectivity index (χ4n) is 8.54. The van der Waals surface area contributed by atoms with Crippen molar-refractivity contribution >= 4 is 33.3 Å². The molecule has 0 spiro atoms. The lowest BCUT2D eigenvalue weighted by molar-refractivity contribution is -0.164. The number of fused-ring (bicyclic) bond motifs is 1. The van der Waals surface area contributed by atoms with Gasteiger partial charge < -0.3 is 27.6 Å². The van der Waals surface area contributed by atoms with E-state index in [0.717, 1.165) is 42.6 Å². The molecule has 2 unspecified atom stereocenters. The van der Waals surface area contributed by atoms with E-state index in [1.165, 1.54) is 13.0 Å². The summed E-state index contributed by atoms with van der Waals surface area (Å²) in [6.45, 7) is 9.03. The first kappa shape index (κ1) is 43.2. The summed E-state index contributed by atoms with van der Waals surface area (Å²) in [5.74, 6) is -6.37. The highest BCUT2D eigenvalue weighted by molar-refractivity contribution is 7.91. The van der Waals surface area contributed by atoms with Crippen LogP contribution in [0.4, 0.5) is 0 Å². The Morgan fingerprint density at radius 2 is 1.59 bits per heavy atom. The minimum absolute atomic E-state index is 0.0152. The number of hydrogen-bond acceptors (Lipinski definition) is 10. The summed E-state index contributed by atoms with van der Waals surface area (Å²) in [4.78, 5) is 59.3. The zero-order valence-corrected chi connectivity index (χ0v) is 33.3. The van der Waals surface area contributed by atoms with Crippen molar-refractivity contribution in [1.29, 1.82) is 0 Å². The molecule has 2 aromatic rings. The van der Waals surface area contributed by atoms with Crippen molar-refractivity contribution < 1.29 is 32.7 Å². The molecule has 54 heavy (non-hydrogen) atoms. The van der Waals surface area contributed by atoms with Gasteiger partial charge in [-0.2, -0.15) is 0 Å². The molecule has 1 aliphatic heterocycles. The minimum Gasteiger partial charge on any atom is -0.390 e. The quantitative estimate of drug-likeness (QED) is 0.158. The Labute approximate surface area is 320 Å². The first-order chi connectivity index (χ1) is 25.4. The first-order valence-corrected chi connectivity index (χ1v) is 21.0. The zero-order valence-electron chi connectivity index (χ0n) is 32.5. The lowest BCUT2D eigenvalue weighted by Crippen LogP contribution is -2.68. The van der Waals surface area contributed by atoms with Gasteiger partial charge in [0.1, 0.15) is 11.6 Å². The highest BCUT2D eigenvalue weighted by atomic mass is 32.2. The van der Waals surface area contributed by atoms with Crippen molar-refractivity contribution in [3.8, 4) is 0 Å². The van der Waals surface area contributed by atoms with E-state index in [1.807, 2.05) is 33.8 Å². The van der Waals surface area contributed by atoms with Crippen LogP contribution in [0.5, 0.6) is 0 Å². The summed E-state index contributed by atoms with van der Waals surface area (Å²) < 4.78 is 28.2. The first-order valence-electron chi connectivity index (χ1n) is 19.4. The van der Waals surface area contributed by atoms with E-state index in [9.17, 15) is 27.9 Å². The normalized spacial score (nSPS) is 20.4. The molecule has 1 fully saturated rings. The van der Waals surface area contributed by atoms with Gasteiger partial charge in [0.2, 0.25) is 17.7 Å². The molecule has 0 bridgehead atoms. The Morgan fingerprint density at radius 1 is 0.944 bits per heavy atom. The van der Waals surface area contributed by atoms with Gasteiger partial charge in [-0.25, -0.2) is 8.42 Å². The monoisotopic (exact) mass is 767 g/mol. The number of imide groups is 1. The Bertz CT molecular complexity index is 1740. The van der Waals surface area contributed by atoms with Crippen molar-refractivity contribution in [2.45, 2.75) is 127 Å². The highest BCUT2D eigenvalue weighted by Gasteiger charge is 2.61. The highest BCUT2D eigenvalue weighted by Crippen LogP contribution is 2.50. The van der Waals surface area contributed by atoms with Crippen molar-refractivity contribution in [2.24, 2.45) is 40.9 Å². The van der Waals surface area contributed by atoms with E-state index < -0.39 is 74.7 Å². The van der Waals surface area contributed by atoms with Gasteiger partial charge in [0.15, 0.2) is 15.6 Å². The van der Waals surface area contributed by atoms with Gasteiger partial charge in [0.25, 0.3) is 0 Å². The summed E-state index contributed by atoms with van der Waals surface area (Å²) in [5.41, 5.74) is 18.5. The van der Waals surface area contributed by atoms with Crippen LogP contribution in [0.15, 0.2) is 53.4 Å². The van der Waals surface area contributed by atoms with Crippen LogP contribution in [0.1, 0.15) is 102 Å².